The molecule has 0 saturated carbocycles. The molecule has 2 heterocycles. The third kappa shape index (κ3) is 2.12. The van der Waals surface area contributed by atoms with Crippen molar-refractivity contribution in [2.24, 2.45) is 0 Å². The molecule has 0 aliphatic carbocycles. The summed E-state index contributed by atoms with van der Waals surface area (Å²) < 4.78 is 3.82. The normalized spacial score (nSPS) is 10.9. The highest BCUT2D eigenvalue weighted by molar-refractivity contribution is 5.91. The SMILES string of the molecule is Nc1cccc2c1ccn2CCn1ccccc1=O. The summed E-state index contributed by atoms with van der Waals surface area (Å²) in [7, 11) is 0. The number of hydrogen-bond donors (Lipinski definition) is 1. The predicted octanol–water partition coefficient (Wildman–Crippen LogP) is 2.09. The minimum Gasteiger partial charge on any atom is -0.398 e. The molecule has 0 saturated heterocycles. The molecule has 0 radical (unpaired) electrons. The van der Waals surface area contributed by atoms with Crippen molar-refractivity contribution in [1.29, 1.82) is 0 Å². The van der Waals surface area contributed by atoms with E-state index in [4.69, 9.17) is 5.73 Å². The zero-order valence-corrected chi connectivity index (χ0v) is 10.5. The predicted molar refractivity (Wildman–Crippen MR) is 77.1 cm³/mol. The van der Waals surface area contributed by atoms with Crippen LogP contribution in [0.4, 0.5) is 5.69 Å². The number of hydrogen-bond acceptors (Lipinski definition) is 2. The van der Waals surface area contributed by atoms with Crippen molar-refractivity contribution in [2.75, 3.05) is 5.73 Å². The Morgan fingerprint density at radius 1 is 0.895 bits per heavy atom. The Morgan fingerprint density at radius 2 is 1.74 bits per heavy atom. The van der Waals surface area contributed by atoms with Gasteiger partial charge in [-0.3, -0.25) is 4.79 Å². The Morgan fingerprint density at radius 3 is 2.58 bits per heavy atom. The van der Waals surface area contributed by atoms with Gasteiger partial charge >= 0.3 is 0 Å². The summed E-state index contributed by atoms with van der Waals surface area (Å²) in [5.74, 6) is 0. The standard InChI is InChI=1S/C15H15N3O/c16-13-4-3-5-14-12(13)7-9-17(14)10-11-18-8-2-1-6-15(18)19/h1-9H,10-11,16H2. The monoisotopic (exact) mass is 253 g/mol. The molecule has 0 bridgehead atoms. The molecule has 4 nitrogen and oxygen atoms in total. The van der Waals surface area contributed by atoms with Crippen molar-refractivity contribution < 1.29 is 0 Å². The van der Waals surface area contributed by atoms with Crippen molar-refractivity contribution in [2.45, 2.75) is 13.1 Å². The number of fused-ring (bicyclic) bond motifs is 1. The summed E-state index contributed by atoms with van der Waals surface area (Å²) in [5, 5.41) is 1.06. The maximum absolute atomic E-state index is 11.6. The Kier molecular flexibility index (Phi) is 2.83. The first-order valence-corrected chi connectivity index (χ1v) is 6.24. The lowest BCUT2D eigenvalue weighted by Gasteiger charge is -2.08. The van der Waals surface area contributed by atoms with Gasteiger partial charge in [0.2, 0.25) is 0 Å². The van der Waals surface area contributed by atoms with Gasteiger partial charge in [0.1, 0.15) is 0 Å². The minimum absolute atomic E-state index is 0.0264. The van der Waals surface area contributed by atoms with Crippen LogP contribution in [0.1, 0.15) is 0 Å². The molecule has 96 valence electrons. The molecule has 19 heavy (non-hydrogen) atoms. The quantitative estimate of drug-likeness (QED) is 0.727. The number of aryl methyl sites for hydroxylation is 2. The van der Waals surface area contributed by atoms with Gasteiger partial charge in [0, 0.05) is 42.6 Å². The molecule has 1 aromatic carbocycles. The van der Waals surface area contributed by atoms with Crippen LogP contribution in [0.5, 0.6) is 0 Å². The molecular formula is C15H15N3O. The van der Waals surface area contributed by atoms with Gasteiger partial charge in [-0.1, -0.05) is 12.1 Å². The zero-order chi connectivity index (χ0) is 13.2. The maximum Gasteiger partial charge on any atom is 0.250 e. The van der Waals surface area contributed by atoms with Crippen LogP contribution in [0.3, 0.4) is 0 Å². The molecule has 4 heteroatoms. The van der Waals surface area contributed by atoms with Crippen molar-refractivity contribution >= 4 is 16.6 Å². The van der Waals surface area contributed by atoms with E-state index in [0.717, 1.165) is 23.1 Å². The van der Waals surface area contributed by atoms with Gasteiger partial charge in [-0.2, -0.15) is 0 Å². The number of nitrogen functional groups attached to an aromatic ring is 1. The van der Waals surface area contributed by atoms with Crippen molar-refractivity contribution in [3.63, 3.8) is 0 Å². The molecule has 2 aromatic heterocycles. The van der Waals surface area contributed by atoms with Gasteiger partial charge < -0.3 is 14.9 Å². The van der Waals surface area contributed by atoms with E-state index in [1.165, 1.54) is 0 Å². The van der Waals surface area contributed by atoms with E-state index in [1.807, 2.05) is 42.7 Å². The highest BCUT2D eigenvalue weighted by Crippen LogP contribution is 2.21. The second-order valence-corrected chi connectivity index (χ2v) is 4.52. The molecule has 0 spiro atoms. The Hall–Kier alpha value is -2.49. The van der Waals surface area contributed by atoms with Gasteiger partial charge in [0.25, 0.3) is 5.56 Å². The fraction of sp³-hybridized carbons (Fsp3) is 0.133. The molecule has 0 fully saturated rings. The molecule has 3 aromatic rings. The lowest BCUT2D eigenvalue weighted by atomic mass is 10.2. The average molecular weight is 253 g/mol. The molecule has 0 unspecified atom stereocenters. The van der Waals surface area contributed by atoms with Gasteiger partial charge in [-0.25, -0.2) is 0 Å². The van der Waals surface area contributed by atoms with Crippen molar-refractivity contribution in [3.05, 3.63) is 65.2 Å². The zero-order valence-electron chi connectivity index (χ0n) is 10.5. The summed E-state index contributed by atoms with van der Waals surface area (Å²) in [4.78, 5) is 11.6. The van der Waals surface area contributed by atoms with Crippen LogP contribution in [0.2, 0.25) is 0 Å². The average Bonchev–Trinajstić information content (AvgIpc) is 2.83. The number of rotatable bonds is 3. The van der Waals surface area contributed by atoms with Gasteiger partial charge in [0.05, 0.1) is 5.52 Å². The minimum atomic E-state index is 0.0264. The summed E-state index contributed by atoms with van der Waals surface area (Å²) >= 11 is 0. The Bertz CT molecular complexity index is 770. The summed E-state index contributed by atoms with van der Waals surface area (Å²) in [6.45, 7) is 1.40. The lowest BCUT2D eigenvalue weighted by molar-refractivity contribution is 0.577. The van der Waals surface area contributed by atoms with Crippen LogP contribution < -0.4 is 11.3 Å². The highest BCUT2D eigenvalue weighted by atomic mass is 16.1. The van der Waals surface area contributed by atoms with Crippen LogP contribution >= 0.6 is 0 Å². The molecule has 0 atom stereocenters. The van der Waals surface area contributed by atoms with E-state index in [-0.39, 0.29) is 5.56 Å². The number of nitrogens with zero attached hydrogens (tertiary/aromatic N) is 2. The van der Waals surface area contributed by atoms with Crippen molar-refractivity contribution in [1.82, 2.24) is 9.13 Å². The van der Waals surface area contributed by atoms with E-state index in [2.05, 4.69) is 4.57 Å². The van der Waals surface area contributed by atoms with E-state index in [0.29, 0.717) is 6.54 Å². The molecule has 2 N–H and O–H groups in total. The first-order valence-electron chi connectivity index (χ1n) is 6.24. The molecule has 0 aliphatic rings. The largest absolute Gasteiger partial charge is 0.398 e. The van der Waals surface area contributed by atoms with Crippen LogP contribution in [-0.2, 0) is 13.1 Å². The number of anilines is 1. The third-order valence-electron chi connectivity index (χ3n) is 3.33. The number of benzene rings is 1. The Labute approximate surface area is 110 Å². The van der Waals surface area contributed by atoms with Crippen LogP contribution in [-0.4, -0.2) is 9.13 Å². The third-order valence-corrected chi connectivity index (χ3v) is 3.33. The van der Waals surface area contributed by atoms with E-state index in [1.54, 1.807) is 16.7 Å². The lowest BCUT2D eigenvalue weighted by Crippen LogP contribution is -2.20. The molecule has 0 amide bonds. The number of nitrogens with two attached hydrogens (primary N) is 1. The first-order chi connectivity index (χ1) is 9.25. The first kappa shape index (κ1) is 11.6. The summed E-state index contributed by atoms with van der Waals surface area (Å²) in [6, 6.07) is 13.1. The Balaban J connectivity index is 1.89. The second-order valence-electron chi connectivity index (χ2n) is 4.52. The molecular weight excluding hydrogens is 238 g/mol. The summed E-state index contributed by atoms with van der Waals surface area (Å²) in [5.41, 5.74) is 7.84. The smallest absolute Gasteiger partial charge is 0.250 e. The fourth-order valence-electron chi connectivity index (χ4n) is 2.30. The van der Waals surface area contributed by atoms with Crippen LogP contribution in [0, 0.1) is 0 Å². The van der Waals surface area contributed by atoms with Gasteiger partial charge in [0.15, 0.2) is 0 Å². The van der Waals surface area contributed by atoms with Crippen molar-refractivity contribution in [3.8, 4) is 0 Å². The molecule has 0 aliphatic heterocycles. The van der Waals surface area contributed by atoms with E-state index >= 15 is 0 Å². The topological polar surface area (TPSA) is 52.9 Å². The number of pyridine rings is 1. The summed E-state index contributed by atoms with van der Waals surface area (Å²) in [6.07, 6.45) is 3.82. The fourth-order valence-corrected chi connectivity index (χ4v) is 2.30. The highest BCUT2D eigenvalue weighted by Gasteiger charge is 2.03. The van der Waals surface area contributed by atoms with Crippen LogP contribution in [0.15, 0.2) is 59.7 Å². The second kappa shape index (κ2) is 4.65. The molecule has 3 rings (SSSR count). The van der Waals surface area contributed by atoms with E-state index < -0.39 is 0 Å². The van der Waals surface area contributed by atoms with E-state index in [9.17, 15) is 4.79 Å². The maximum atomic E-state index is 11.6. The number of aromatic nitrogens is 2. The van der Waals surface area contributed by atoms with Gasteiger partial charge in [-0.15, -0.1) is 0 Å². The van der Waals surface area contributed by atoms with Gasteiger partial charge in [-0.05, 0) is 24.3 Å². The van der Waals surface area contributed by atoms with Crippen LogP contribution in [0.25, 0.3) is 10.9 Å².